The van der Waals surface area contributed by atoms with Gasteiger partial charge in [0, 0.05) is 86.5 Å². The topological polar surface area (TPSA) is 123 Å². The zero-order valence-electron chi connectivity index (χ0n) is 31.0. The molecule has 0 aliphatic carbocycles. The zero-order chi connectivity index (χ0) is 37.4. The summed E-state index contributed by atoms with van der Waals surface area (Å²) in [5.41, 5.74) is 7.45. The molecule has 282 valence electrons. The molecular formula is C42H48FN7O4. The lowest BCUT2D eigenvalue weighted by atomic mass is 10.00. The van der Waals surface area contributed by atoms with Crippen LogP contribution in [0, 0.1) is 5.82 Å². The number of nitrogens with zero attached hydrogens (tertiary/aromatic N) is 4. The molecule has 12 heteroatoms. The molecule has 0 unspecified atom stereocenters. The second-order valence-electron chi connectivity index (χ2n) is 13.8. The highest BCUT2D eigenvalue weighted by atomic mass is 19.1. The van der Waals surface area contributed by atoms with Crippen LogP contribution in [-0.4, -0.2) is 77.0 Å². The Balaban J connectivity index is 1.02. The number of carbonyl (C=O) groups excluding carboxylic acids is 2. The van der Waals surface area contributed by atoms with E-state index in [-0.39, 0.29) is 36.8 Å². The van der Waals surface area contributed by atoms with Gasteiger partial charge in [-0.15, -0.1) is 0 Å². The van der Waals surface area contributed by atoms with Gasteiger partial charge in [-0.05, 0) is 79.3 Å². The second kappa shape index (κ2) is 17.3. The van der Waals surface area contributed by atoms with Crippen molar-refractivity contribution in [3.63, 3.8) is 0 Å². The van der Waals surface area contributed by atoms with Crippen molar-refractivity contribution in [3.8, 4) is 11.1 Å². The lowest BCUT2D eigenvalue weighted by Gasteiger charge is -2.26. The number of nitrogens with one attached hydrogen (secondary N) is 3. The number of rotatable bonds is 13. The number of hydrogen-bond acceptors (Lipinski definition) is 8. The van der Waals surface area contributed by atoms with Crippen LogP contribution in [0.15, 0.2) is 72.9 Å². The fourth-order valence-electron chi connectivity index (χ4n) is 7.22. The molecule has 3 aromatic carbocycles. The number of morpholine rings is 1. The Morgan fingerprint density at radius 1 is 0.852 bits per heavy atom. The van der Waals surface area contributed by atoms with Gasteiger partial charge < -0.3 is 25.4 Å². The van der Waals surface area contributed by atoms with E-state index in [9.17, 15) is 9.59 Å². The van der Waals surface area contributed by atoms with E-state index in [2.05, 4.69) is 38.9 Å². The molecule has 2 aliphatic rings. The summed E-state index contributed by atoms with van der Waals surface area (Å²) < 4.78 is 28.0. The van der Waals surface area contributed by atoms with E-state index < -0.39 is 0 Å². The first-order valence-corrected chi connectivity index (χ1v) is 19.0. The van der Waals surface area contributed by atoms with E-state index in [4.69, 9.17) is 14.5 Å². The predicted molar refractivity (Wildman–Crippen MR) is 207 cm³/mol. The summed E-state index contributed by atoms with van der Waals surface area (Å²) in [6.45, 7) is 10.6. The van der Waals surface area contributed by atoms with Crippen LogP contribution in [0.2, 0.25) is 0 Å². The van der Waals surface area contributed by atoms with Crippen molar-refractivity contribution >= 4 is 28.5 Å². The quantitative estimate of drug-likeness (QED) is 0.133. The van der Waals surface area contributed by atoms with Crippen LogP contribution in [0.25, 0.3) is 22.2 Å². The standard InChI is InChI=1S/C42H48FN7O4/c1-3-38-35(39(47-33-13-17-53-18-14-33)36-26-46-50(4-2)40(36)48-38)25-45-42(52)32-10-6-9-31(23-32)41(51)44-24-28-11-12-37(43)34(22-28)30-8-5-7-29(21-30)27-49-15-19-54-20-16-49/h5-12,21-23,26,33H,3-4,13-20,24-25,27H2,1-2H3,(H,44,51)(H,45,52)(H,47,48). The van der Waals surface area contributed by atoms with E-state index >= 15 is 4.39 Å². The van der Waals surface area contributed by atoms with Gasteiger partial charge in [0.25, 0.3) is 11.8 Å². The molecule has 54 heavy (non-hydrogen) atoms. The zero-order valence-corrected chi connectivity index (χ0v) is 31.0. The van der Waals surface area contributed by atoms with Gasteiger partial charge >= 0.3 is 0 Å². The normalized spacial score (nSPS) is 15.3. The maximum Gasteiger partial charge on any atom is 0.251 e. The third kappa shape index (κ3) is 8.62. The molecule has 2 aliphatic heterocycles. The summed E-state index contributed by atoms with van der Waals surface area (Å²) in [7, 11) is 0. The molecule has 3 N–H and O–H groups in total. The fraction of sp³-hybridized carbons (Fsp3) is 0.381. The Labute approximate surface area is 315 Å². The third-order valence-corrected chi connectivity index (χ3v) is 10.2. The summed E-state index contributed by atoms with van der Waals surface area (Å²) in [6.07, 6.45) is 4.31. The number of anilines is 1. The number of ether oxygens (including phenoxy) is 2. The van der Waals surface area contributed by atoms with Gasteiger partial charge in [0.2, 0.25) is 0 Å². The molecule has 0 radical (unpaired) electrons. The number of benzene rings is 3. The molecule has 2 amide bonds. The SMILES string of the molecule is CCc1nc2c(cnn2CC)c(NC2CCOCC2)c1CNC(=O)c1cccc(C(=O)NCc2ccc(F)c(-c3cccc(CN4CCOCC4)c3)c2)c1. The van der Waals surface area contributed by atoms with Crippen LogP contribution >= 0.6 is 0 Å². The highest BCUT2D eigenvalue weighted by Crippen LogP contribution is 2.31. The van der Waals surface area contributed by atoms with Gasteiger partial charge in [-0.25, -0.2) is 14.1 Å². The van der Waals surface area contributed by atoms with Crippen LogP contribution in [0.3, 0.4) is 0 Å². The molecule has 5 aromatic rings. The number of aryl methyl sites for hydroxylation is 2. The molecule has 11 nitrogen and oxygen atoms in total. The van der Waals surface area contributed by atoms with E-state index in [1.165, 1.54) is 6.07 Å². The lowest BCUT2D eigenvalue weighted by molar-refractivity contribution is 0.0342. The first-order chi connectivity index (χ1) is 26.4. The Hall–Kier alpha value is -5.17. The van der Waals surface area contributed by atoms with Gasteiger partial charge in [0.05, 0.1) is 30.5 Å². The Kier molecular flexibility index (Phi) is 11.9. The minimum Gasteiger partial charge on any atom is -0.381 e. The number of halogens is 1. The van der Waals surface area contributed by atoms with Gasteiger partial charge in [0.1, 0.15) is 5.82 Å². The summed E-state index contributed by atoms with van der Waals surface area (Å²) >= 11 is 0. The second-order valence-corrected chi connectivity index (χ2v) is 13.8. The van der Waals surface area contributed by atoms with Crippen molar-refractivity contribution in [1.82, 2.24) is 30.3 Å². The van der Waals surface area contributed by atoms with Crippen LogP contribution in [-0.2, 0) is 42.1 Å². The Morgan fingerprint density at radius 2 is 1.57 bits per heavy atom. The van der Waals surface area contributed by atoms with Crippen molar-refractivity contribution in [2.45, 2.75) is 65.3 Å². The van der Waals surface area contributed by atoms with E-state index in [1.807, 2.05) is 36.0 Å². The van der Waals surface area contributed by atoms with Crippen molar-refractivity contribution in [2.75, 3.05) is 44.8 Å². The largest absolute Gasteiger partial charge is 0.381 e. The van der Waals surface area contributed by atoms with Crippen molar-refractivity contribution < 1.29 is 23.5 Å². The van der Waals surface area contributed by atoms with Crippen LogP contribution in [0.1, 0.15) is 69.8 Å². The summed E-state index contributed by atoms with van der Waals surface area (Å²) in [6, 6.07) is 19.7. The van der Waals surface area contributed by atoms with Crippen LogP contribution in [0.4, 0.5) is 10.1 Å². The Morgan fingerprint density at radius 3 is 2.31 bits per heavy atom. The van der Waals surface area contributed by atoms with Gasteiger partial charge in [-0.3, -0.25) is 14.5 Å². The van der Waals surface area contributed by atoms with E-state index in [1.54, 1.807) is 36.4 Å². The van der Waals surface area contributed by atoms with Crippen molar-refractivity contribution in [3.05, 3.63) is 112 Å². The number of amides is 2. The summed E-state index contributed by atoms with van der Waals surface area (Å²) in [5, 5.41) is 15.3. The molecule has 4 heterocycles. The molecule has 2 aromatic heterocycles. The minimum atomic E-state index is -0.332. The molecule has 0 atom stereocenters. The van der Waals surface area contributed by atoms with Crippen LogP contribution < -0.4 is 16.0 Å². The Bertz CT molecular complexity index is 2110. The molecule has 2 fully saturated rings. The number of fused-ring (bicyclic) bond motifs is 1. The monoisotopic (exact) mass is 733 g/mol. The molecular weight excluding hydrogens is 686 g/mol. The van der Waals surface area contributed by atoms with Crippen molar-refractivity contribution in [1.29, 1.82) is 0 Å². The van der Waals surface area contributed by atoms with E-state index in [0.29, 0.717) is 42.9 Å². The third-order valence-electron chi connectivity index (χ3n) is 10.2. The smallest absolute Gasteiger partial charge is 0.251 e. The molecule has 0 bridgehead atoms. The summed E-state index contributed by atoms with van der Waals surface area (Å²) in [5.74, 6) is -0.953. The first kappa shape index (κ1) is 37.2. The molecule has 7 rings (SSSR count). The molecule has 0 spiro atoms. The predicted octanol–water partition coefficient (Wildman–Crippen LogP) is 6.10. The van der Waals surface area contributed by atoms with Gasteiger partial charge in [-0.2, -0.15) is 5.10 Å². The maximum absolute atomic E-state index is 15.1. The number of hydrogen-bond donors (Lipinski definition) is 3. The minimum absolute atomic E-state index is 0.197. The number of pyridine rings is 1. The average Bonchev–Trinajstić information content (AvgIpc) is 3.63. The molecule has 2 saturated heterocycles. The fourth-order valence-corrected chi connectivity index (χ4v) is 7.22. The highest BCUT2D eigenvalue weighted by Gasteiger charge is 2.23. The van der Waals surface area contributed by atoms with E-state index in [0.717, 1.165) is 90.4 Å². The molecule has 0 saturated carbocycles. The first-order valence-electron chi connectivity index (χ1n) is 19.0. The number of aromatic nitrogens is 3. The highest BCUT2D eigenvalue weighted by molar-refractivity contribution is 6.00. The number of carbonyl (C=O) groups is 2. The average molecular weight is 734 g/mol. The van der Waals surface area contributed by atoms with Crippen LogP contribution in [0.5, 0.6) is 0 Å². The summed E-state index contributed by atoms with van der Waals surface area (Å²) in [4.78, 5) is 34.2. The van der Waals surface area contributed by atoms with Gasteiger partial charge in [-0.1, -0.05) is 37.3 Å². The maximum atomic E-state index is 15.1. The van der Waals surface area contributed by atoms with Crippen molar-refractivity contribution in [2.24, 2.45) is 0 Å². The lowest BCUT2D eigenvalue weighted by Crippen LogP contribution is -2.35. The van der Waals surface area contributed by atoms with Gasteiger partial charge in [0.15, 0.2) is 5.65 Å².